The highest BCUT2D eigenvalue weighted by atomic mass is 79.9. The molecule has 224 valence electrons. The van der Waals surface area contributed by atoms with E-state index in [0.717, 1.165) is 71.4 Å². The Morgan fingerprint density at radius 3 is 2.98 bits per heavy atom. The van der Waals surface area contributed by atoms with E-state index in [1.807, 2.05) is 17.0 Å². The number of likely N-dealkylation sites (tertiary alicyclic amines) is 1. The van der Waals surface area contributed by atoms with Crippen molar-refractivity contribution in [1.29, 1.82) is 5.26 Å². The Kier molecular flexibility index (Phi) is 9.09. The van der Waals surface area contributed by atoms with Crippen LogP contribution in [-0.2, 0) is 16.0 Å². The maximum absolute atomic E-state index is 13.2. The number of aromatic nitrogens is 2. The molecule has 1 unspecified atom stereocenters. The maximum Gasteiger partial charge on any atom is 0.319 e. The summed E-state index contributed by atoms with van der Waals surface area (Å²) >= 11 is 3.71. The van der Waals surface area contributed by atoms with Crippen molar-refractivity contribution in [3.8, 4) is 17.8 Å². The normalized spacial score (nSPS) is 24.6. The minimum absolute atomic E-state index is 0.0788. The lowest BCUT2D eigenvalue weighted by Crippen LogP contribution is -2.55. The number of fused-ring (bicyclic) bond motifs is 3. The molecule has 1 aromatic carbocycles. The molecule has 3 fully saturated rings. The van der Waals surface area contributed by atoms with Gasteiger partial charge in [0.2, 0.25) is 5.91 Å². The Bertz CT molecular complexity index is 1380. The molecular formula is C30H38BrN7O4. The molecule has 3 atom stereocenters. The van der Waals surface area contributed by atoms with Gasteiger partial charge in [0.15, 0.2) is 0 Å². The summed E-state index contributed by atoms with van der Waals surface area (Å²) in [5.74, 6) is 1.45. The second-order valence-electron chi connectivity index (χ2n) is 11.4. The first-order chi connectivity index (χ1) is 20.5. The van der Waals surface area contributed by atoms with Gasteiger partial charge in [-0.05, 0) is 45.0 Å². The van der Waals surface area contributed by atoms with Gasteiger partial charge in [0.25, 0.3) is 0 Å². The van der Waals surface area contributed by atoms with Crippen LogP contribution in [0.5, 0.6) is 11.8 Å². The lowest BCUT2D eigenvalue weighted by Gasteiger charge is -2.41. The van der Waals surface area contributed by atoms with E-state index in [-0.39, 0.29) is 24.5 Å². The molecule has 12 heteroatoms. The first-order valence-corrected chi connectivity index (χ1v) is 15.7. The van der Waals surface area contributed by atoms with Crippen LogP contribution in [0, 0.1) is 11.3 Å². The summed E-state index contributed by atoms with van der Waals surface area (Å²) in [4.78, 5) is 29.3. The summed E-state index contributed by atoms with van der Waals surface area (Å²) in [6.07, 6.45) is 7.56. The van der Waals surface area contributed by atoms with Gasteiger partial charge < -0.3 is 34.2 Å². The van der Waals surface area contributed by atoms with E-state index in [4.69, 9.17) is 24.2 Å². The average Bonchev–Trinajstić information content (AvgIpc) is 3.66. The molecule has 0 bridgehead atoms. The summed E-state index contributed by atoms with van der Waals surface area (Å²) in [6, 6.07) is 4.70. The van der Waals surface area contributed by atoms with Crippen LogP contribution in [0.25, 0.3) is 10.9 Å². The number of benzene rings is 1. The highest BCUT2D eigenvalue weighted by Crippen LogP contribution is 2.43. The third kappa shape index (κ3) is 6.20. The number of nitriles is 1. The van der Waals surface area contributed by atoms with Crippen molar-refractivity contribution in [2.45, 2.75) is 50.3 Å². The molecule has 42 heavy (non-hydrogen) atoms. The van der Waals surface area contributed by atoms with Gasteiger partial charge in [-0.25, -0.2) is 0 Å². The highest BCUT2D eigenvalue weighted by molar-refractivity contribution is 9.10. The number of anilines is 1. The third-order valence-corrected chi connectivity index (χ3v) is 9.39. The first-order valence-electron chi connectivity index (χ1n) is 14.9. The van der Waals surface area contributed by atoms with Gasteiger partial charge in [0.05, 0.1) is 48.8 Å². The van der Waals surface area contributed by atoms with Crippen molar-refractivity contribution in [2.75, 3.05) is 71.0 Å². The number of ether oxygens (including phenoxy) is 3. The fourth-order valence-electron chi connectivity index (χ4n) is 6.34. The monoisotopic (exact) mass is 639 g/mol. The van der Waals surface area contributed by atoms with E-state index < -0.39 is 0 Å². The Morgan fingerprint density at radius 2 is 2.19 bits per heavy atom. The van der Waals surface area contributed by atoms with Crippen LogP contribution in [0.1, 0.15) is 31.2 Å². The lowest BCUT2D eigenvalue weighted by atomic mass is 10.1. The van der Waals surface area contributed by atoms with E-state index in [1.165, 1.54) is 0 Å². The van der Waals surface area contributed by atoms with Crippen LogP contribution in [0.3, 0.4) is 0 Å². The number of morpholine rings is 1. The SMILES string of the molecule is CN1CCC[C@H]1COc1nc(N2CCN(C(=O)/C=C/CC3CNCCO3)[C@@H](CC#N)C2)c2c3c(c(Br)cc2n1)CCO3. The zero-order chi connectivity index (χ0) is 29.1. The standard InChI is InChI=1S/C30H38BrN7O4/c1-36-11-3-4-21(36)19-42-30-34-25-16-24(31)23-8-14-41-28(23)27(25)29(35-30)37-12-13-38(20(18-37)7-9-32)26(39)6-2-5-22-17-33-10-15-40-22/h2,6,16,20-22,33H,3-5,7-8,10-15,17-19H2,1H3/b6-2+/t20-,21-,22?/m0/s1. The Labute approximate surface area is 254 Å². The maximum atomic E-state index is 13.2. The molecule has 5 heterocycles. The summed E-state index contributed by atoms with van der Waals surface area (Å²) in [5.41, 5.74) is 1.86. The van der Waals surface area contributed by atoms with Crippen LogP contribution in [0.15, 0.2) is 22.7 Å². The predicted octanol–water partition coefficient (Wildman–Crippen LogP) is 2.67. The van der Waals surface area contributed by atoms with Crippen molar-refractivity contribution in [3.05, 3.63) is 28.3 Å². The fourth-order valence-corrected chi connectivity index (χ4v) is 6.94. The fraction of sp³-hybridized carbons (Fsp3) is 0.600. The molecule has 2 aromatic rings. The average molecular weight is 641 g/mol. The third-order valence-electron chi connectivity index (χ3n) is 8.68. The second kappa shape index (κ2) is 13.1. The Morgan fingerprint density at radius 1 is 1.29 bits per heavy atom. The lowest BCUT2D eigenvalue weighted by molar-refractivity contribution is -0.128. The van der Waals surface area contributed by atoms with Crippen LogP contribution in [-0.4, -0.2) is 110 Å². The summed E-state index contributed by atoms with van der Waals surface area (Å²) < 4.78 is 19.0. The number of nitrogens with one attached hydrogen (secondary N) is 1. The minimum Gasteiger partial charge on any atom is -0.492 e. The number of hydrogen-bond acceptors (Lipinski definition) is 10. The number of carbonyl (C=O) groups excluding carboxylic acids is 1. The molecule has 1 N–H and O–H groups in total. The number of carbonyl (C=O) groups is 1. The molecule has 0 saturated carbocycles. The molecule has 4 aliphatic heterocycles. The van der Waals surface area contributed by atoms with Gasteiger partial charge in [-0.1, -0.05) is 22.0 Å². The number of nitrogens with zero attached hydrogens (tertiary/aromatic N) is 6. The van der Waals surface area contributed by atoms with Crippen molar-refractivity contribution >= 4 is 38.6 Å². The number of likely N-dealkylation sites (N-methyl/N-ethyl adjacent to an activating group) is 1. The molecule has 3 saturated heterocycles. The number of rotatable bonds is 8. The second-order valence-corrected chi connectivity index (χ2v) is 12.3. The van der Waals surface area contributed by atoms with E-state index in [1.54, 1.807) is 6.08 Å². The number of hydrogen-bond donors (Lipinski definition) is 1. The molecule has 11 nitrogen and oxygen atoms in total. The van der Waals surface area contributed by atoms with Crippen LogP contribution in [0.2, 0.25) is 0 Å². The van der Waals surface area contributed by atoms with Gasteiger partial charge in [0, 0.05) is 55.2 Å². The Hall–Kier alpha value is -2.98. The van der Waals surface area contributed by atoms with Gasteiger partial charge in [0.1, 0.15) is 18.2 Å². The summed E-state index contributed by atoms with van der Waals surface area (Å²) in [6.45, 7) is 6.05. The molecule has 1 aromatic heterocycles. The Balaban J connectivity index is 1.25. The quantitative estimate of drug-likeness (QED) is 0.432. The summed E-state index contributed by atoms with van der Waals surface area (Å²) in [5, 5.41) is 13.8. The zero-order valence-electron chi connectivity index (χ0n) is 24.1. The first kappa shape index (κ1) is 29.1. The molecule has 0 radical (unpaired) electrons. The van der Waals surface area contributed by atoms with Crippen molar-refractivity contribution in [3.63, 3.8) is 0 Å². The summed E-state index contributed by atoms with van der Waals surface area (Å²) in [7, 11) is 2.12. The topological polar surface area (TPSA) is 116 Å². The van der Waals surface area contributed by atoms with E-state index in [9.17, 15) is 10.1 Å². The molecule has 4 aliphatic rings. The van der Waals surface area contributed by atoms with Crippen LogP contribution < -0.4 is 19.7 Å². The van der Waals surface area contributed by atoms with Crippen molar-refractivity contribution < 1.29 is 19.0 Å². The number of halogens is 1. The zero-order valence-corrected chi connectivity index (χ0v) is 25.6. The molecule has 6 rings (SSSR count). The molecule has 0 spiro atoms. The van der Waals surface area contributed by atoms with Gasteiger partial charge in [-0.2, -0.15) is 15.2 Å². The van der Waals surface area contributed by atoms with E-state index >= 15 is 0 Å². The highest BCUT2D eigenvalue weighted by Gasteiger charge is 2.33. The molecule has 0 aliphatic carbocycles. The molecular weight excluding hydrogens is 602 g/mol. The van der Waals surface area contributed by atoms with Gasteiger partial charge in [-0.15, -0.1) is 0 Å². The largest absolute Gasteiger partial charge is 0.492 e. The van der Waals surface area contributed by atoms with Gasteiger partial charge in [-0.3, -0.25) is 4.79 Å². The minimum atomic E-state index is -0.278. The smallest absolute Gasteiger partial charge is 0.319 e. The van der Waals surface area contributed by atoms with Crippen molar-refractivity contribution in [2.24, 2.45) is 0 Å². The van der Waals surface area contributed by atoms with E-state index in [0.29, 0.717) is 57.9 Å². The predicted molar refractivity (Wildman–Crippen MR) is 162 cm³/mol. The molecule has 1 amide bonds. The number of amides is 1. The number of piperazine rings is 1. The van der Waals surface area contributed by atoms with Crippen LogP contribution >= 0.6 is 15.9 Å². The van der Waals surface area contributed by atoms with E-state index in [2.05, 4.69) is 44.2 Å². The van der Waals surface area contributed by atoms with Gasteiger partial charge >= 0.3 is 6.01 Å². The van der Waals surface area contributed by atoms with Crippen molar-refractivity contribution in [1.82, 2.24) is 25.1 Å². The van der Waals surface area contributed by atoms with Crippen LogP contribution in [0.4, 0.5) is 5.82 Å².